The number of anilines is 1. The predicted octanol–water partition coefficient (Wildman–Crippen LogP) is -0.289. The predicted molar refractivity (Wildman–Crippen MR) is 72.9 cm³/mol. The van der Waals surface area contributed by atoms with Crippen molar-refractivity contribution in [2.24, 2.45) is 0 Å². The minimum Gasteiger partial charge on any atom is -0.468 e. The summed E-state index contributed by atoms with van der Waals surface area (Å²) in [6, 6.07) is 0.212. The van der Waals surface area contributed by atoms with Crippen molar-refractivity contribution in [3.8, 4) is 6.01 Å². The summed E-state index contributed by atoms with van der Waals surface area (Å²) in [5, 5.41) is 19.0. The van der Waals surface area contributed by atoms with E-state index < -0.39 is 18.4 Å². The zero-order valence-corrected chi connectivity index (χ0v) is 11.9. The smallest absolute Gasteiger partial charge is 0.300 e. The molecule has 3 atom stereocenters. The van der Waals surface area contributed by atoms with Crippen molar-refractivity contribution >= 4 is 28.6 Å². The van der Waals surface area contributed by atoms with Crippen molar-refractivity contribution in [1.29, 1.82) is 0 Å². The van der Waals surface area contributed by atoms with E-state index in [1.165, 1.54) is 11.7 Å². The van der Waals surface area contributed by atoms with Crippen LogP contribution in [0.1, 0.15) is 12.6 Å². The minimum absolute atomic E-state index is 0.0268. The van der Waals surface area contributed by atoms with E-state index in [1.807, 2.05) is 0 Å². The van der Waals surface area contributed by atoms with Gasteiger partial charge in [-0.1, -0.05) is 0 Å². The number of aliphatic hydroxyl groups excluding tert-OH is 2. The van der Waals surface area contributed by atoms with Crippen LogP contribution in [0.15, 0.2) is 0 Å². The molecule has 0 aromatic carbocycles. The van der Waals surface area contributed by atoms with Crippen LogP contribution >= 0.6 is 11.6 Å². The van der Waals surface area contributed by atoms with Gasteiger partial charge in [-0.2, -0.15) is 15.0 Å². The van der Waals surface area contributed by atoms with Crippen LogP contribution in [0.4, 0.5) is 5.82 Å². The highest BCUT2D eigenvalue weighted by Gasteiger charge is 2.37. The number of imidazole rings is 1. The van der Waals surface area contributed by atoms with Crippen molar-refractivity contribution < 1.29 is 19.7 Å². The van der Waals surface area contributed by atoms with Crippen molar-refractivity contribution in [1.82, 2.24) is 19.5 Å². The van der Waals surface area contributed by atoms with Crippen molar-refractivity contribution in [3.63, 3.8) is 0 Å². The van der Waals surface area contributed by atoms with E-state index in [1.54, 1.807) is 0 Å². The highest BCUT2D eigenvalue weighted by atomic mass is 35.5. The standard InChI is InChI=1S/C11H14ClN5O4/c1-20-11-14-7-8(13)15-10(12)16-9(7)17(11)6-2-4(19)5(3-18)21-6/h4-6,18-19H,2-3H2,1H3,(H2,13,15,16)/t4-,5+,6+/m0/s1. The van der Waals surface area contributed by atoms with Gasteiger partial charge >= 0.3 is 6.01 Å². The van der Waals surface area contributed by atoms with E-state index in [-0.39, 0.29) is 30.1 Å². The molecule has 1 saturated heterocycles. The molecule has 1 aliphatic rings. The summed E-state index contributed by atoms with van der Waals surface area (Å²) < 4.78 is 12.3. The lowest BCUT2D eigenvalue weighted by Gasteiger charge is -2.15. The molecule has 0 aliphatic carbocycles. The Morgan fingerprint density at radius 1 is 1.48 bits per heavy atom. The molecule has 0 bridgehead atoms. The van der Waals surface area contributed by atoms with E-state index in [2.05, 4.69) is 15.0 Å². The van der Waals surface area contributed by atoms with E-state index in [4.69, 9.17) is 26.8 Å². The summed E-state index contributed by atoms with van der Waals surface area (Å²) in [4.78, 5) is 12.1. The molecule has 0 amide bonds. The van der Waals surface area contributed by atoms with Gasteiger partial charge in [-0.05, 0) is 11.6 Å². The van der Waals surface area contributed by atoms with Crippen LogP contribution < -0.4 is 10.5 Å². The number of nitrogen functional groups attached to an aromatic ring is 1. The van der Waals surface area contributed by atoms with Gasteiger partial charge in [-0.15, -0.1) is 0 Å². The fourth-order valence-electron chi connectivity index (χ4n) is 2.39. The summed E-state index contributed by atoms with van der Waals surface area (Å²) in [5.41, 5.74) is 6.46. The van der Waals surface area contributed by atoms with Gasteiger partial charge < -0.3 is 25.4 Å². The SMILES string of the molecule is COc1nc2c(N)nc(Cl)nc2n1[C@H]1C[C@H](O)[C@@H](CO)O1. The molecular weight excluding hydrogens is 302 g/mol. The Kier molecular flexibility index (Phi) is 3.57. The first-order valence-corrected chi connectivity index (χ1v) is 6.62. The molecule has 3 rings (SSSR count). The molecule has 2 aromatic rings. The lowest BCUT2D eigenvalue weighted by atomic mass is 10.2. The summed E-state index contributed by atoms with van der Waals surface area (Å²) in [7, 11) is 1.44. The maximum atomic E-state index is 9.86. The summed E-state index contributed by atoms with van der Waals surface area (Å²) >= 11 is 5.83. The molecule has 4 N–H and O–H groups in total. The average molecular weight is 316 g/mol. The van der Waals surface area contributed by atoms with Crippen molar-refractivity contribution in [3.05, 3.63) is 5.28 Å². The monoisotopic (exact) mass is 315 g/mol. The van der Waals surface area contributed by atoms with E-state index in [0.29, 0.717) is 11.2 Å². The highest BCUT2D eigenvalue weighted by Crippen LogP contribution is 2.35. The number of nitrogens with two attached hydrogens (primary N) is 1. The zero-order valence-electron chi connectivity index (χ0n) is 11.1. The summed E-state index contributed by atoms with van der Waals surface area (Å²) in [6.07, 6.45) is -1.81. The number of rotatable bonds is 3. The Balaban J connectivity index is 2.13. The number of nitrogens with zero attached hydrogens (tertiary/aromatic N) is 4. The first kappa shape index (κ1) is 14.3. The van der Waals surface area contributed by atoms with Gasteiger partial charge in [0, 0.05) is 6.42 Å². The molecule has 21 heavy (non-hydrogen) atoms. The molecule has 1 aliphatic heterocycles. The molecule has 114 valence electrons. The third-order valence-electron chi connectivity index (χ3n) is 3.36. The molecule has 1 fully saturated rings. The number of fused-ring (bicyclic) bond motifs is 1. The van der Waals surface area contributed by atoms with E-state index >= 15 is 0 Å². The van der Waals surface area contributed by atoms with Crippen LogP contribution in [-0.4, -0.2) is 55.7 Å². The Morgan fingerprint density at radius 3 is 2.86 bits per heavy atom. The molecule has 0 radical (unpaired) electrons. The van der Waals surface area contributed by atoms with E-state index in [9.17, 15) is 10.2 Å². The maximum Gasteiger partial charge on any atom is 0.300 e. The molecule has 0 spiro atoms. The normalized spacial score (nSPS) is 25.6. The number of halogens is 1. The van der Waals surface area contributed by atoms with Gasteiger partial charge in [0.05, 0.1) is 19.8 Å². The Bertz CT molecular complexity index is 678. The van der Waals surface area contributed by atoms with Crippen LogP contribution in [0.2, 0.25) is 5.28 Å². The molecule has 9 nitrogen and oxygen atoms in total. The van der Waals surface area contributed by atoms with Crippen LogP contribution in [-0.2, 0) is 4.74 Å². The Morgan fingerprint density at radius 2 is 2.24 bits per heavy atom. The van der Waals surface area contributed by atoms with Crippen LogP contribution in [0.5, 0.6) is 6.01 Å². The van der Waals surface area contributed by atoms with Gasteiger partial charge in [0.1, 0.15) is 12.3 Å². The fourth-order valence-corrected chi connectivity index (χ4v) is 2.56. The van der Waals surface area contributed by atoms with Gasteiger partial charge in [0.2, 0.25) is 5.28 Å². The molecule has 3 heterocycles. The number of aromatic nitrogens is 4. The third-order valence-corrected chi connectivity index (χ3v) is 3.53. The second-order valence-corrected chi connectivity index (χ2v) is 4.97. The molecule has 0 unspecified atom stereocenters. The average Bonchev–Trinajstić information content (AvgIpc) is 2.98. The second kappa shape index (κ2) is 5.26. The fraction of sp³-hybridized carbons (Fsp3) is 0.545. The number of methoxy groups -OCH3 is 1. The highest BCUT2D eigenvalue weighted by molar-refractivity contribution is 6.28. The van der Waals surface area contributed by atoms with Crippen LogP contribution in [0.3, 0.4) is 0 Å². The first-order chi connectivity index (χ1) is 10.0. The maximum absolute atomic E-state index is 9.86. The number of hydrogen-bond donors (Lipinski definition) is 3. The van der Waals surface area contributed by atoms with Crippen molar-refractivity contribution in [2.75, 3.05) is 19.5 Å². The summed E-state index contributed by atoms with van der Waals surface area (Å²) in [5.74, 6) is 0.124. The zero-order chi connectivity index (χ0) is 15.1. The lowest BCUT2D eigenvalue weighted by Crippen LogP contribution is -2.24. The molecule has 2 aromatic heterocycles. The number of hydrogen-bond acceptors (Lipinski definition) is 8. The van der Waals surface area contributed by atoms with Gasteiger partial charge in [0.25, 0.3) is 0 Å². The number of ether oxygens (including phenoxy) is 2. The number of aliphatic hydroxyl groups is 2. The van der Waals surface area contributed by atoms with Crippen LogP contribution in [0, 0.1) is 0 Å². The Hall–Kier alpha value is -1.68. The van der Waals surface area contributed by atoms with E-state index in [0.717, 1.165) is 0 Å². The van der Waals surface area contributed by atoms with Crippen LogP contribution in [0.25, 0.3) is 11.2 Å². The molecular formula is C11H14ClN5O4. The largest absolute Gasteiger partial charge is 0.468 e. The minimum atomic E-state index is -0.795. The summed E-state index contributed by atoms with van der Waals surface area (Å²) in [6.45, 7) is -0.287. The molecule has 10 heteroatoms. The lowest BCUT2D eigenvalue weighted by molar-refractivity contribution is -0.0450. The first-order valence-electron chi connectivity index (χ1n) is 6.24. The second-order valence-electron chi connectivity index (χ2n) is 4.63. The Labute approximate surface area is 124 Å². The van der Waals surface area contributed by atoms with Crippen molar-refractivity contribution in [2.45, 2.75) is 24.9 Å². The topological polar surface area (TPSA) is 129 Å². The van der Waals surface area contributed by atoms with Gasteiger partial charge in [-0.3, -0.25) is 4.57 Å². The van der Waals surface area contributed by atoms with Gasteiger partial charge in [0.15, 0.2) is 17.0 Å². The quantitative estimate of drug-likeness (QED) is 0.659. The third kappa shape index (κ3) is 2.27. The molecule has 0 saturated carbocycles. The van der Waals surface area contributed by atoms with Gasteiger partial charge in [-0.25, -0.2) is 0 Å².